The lowest BCUT2D eigenvalue weighted by Gasteiger charge is -2.13. The third kappa shape index (κ3) is 3.68. The normalized spacial score (nSPS) is 11.5. The van der Waals surface area contributed by atoms with Gasteiger partial charge in [-0.2, -0.15) is 4.98 Å². The molecule has 0 atom stereocenters. The van der Waals surface area contributed by atoms with Gasteiger partial charge < -0.3 is 4.52 Å². The Morgan fingerprint density at radius 2 is 2.08 bits per heavy atom. The van der Waals surface area contributed by atoms with Crippen LogP contribution in [0, 0.1) is 6.92 Å². The van der Waals surface area contributed by atoms with Crippen LogP contribution in [0.4, 0.5) is 0 Å². The molecule has 0 bridgehead atoms. The van der Waals surface area contributed by atoms with Gasteiger partial charge in [-0.3, -0.25) is 14.1 Å². The van der Waals surface area contributed by atoms with Crippen LogP contribution in [0.2, 0.25) is 0 Å². The smallest absolute Gasteiger partial charge is 0.258 e. The zero-order valence-electron chi connectivity index (χ0n) is 14.2. The number of aryl methyl sites for hydroxylation is 2. The van der Waals surface area contributed by atoms with Crippen LogP contribution in [-0.4, -0.2) is 31.5 Å². The number of hydrogen-bond acceptors (Lipinski definition) is 6. The van der Waals surface area contributed by atoms with E-state index in [0.29, 0.717) is 24.6 Å². The lowest BCUT2D eigenvalue weighted by Crippen LogP contribution is -2.22. The molecule has 0 saturated carbocycles. The van der Waals surface area contributed by atoms with Gasteiger partial charge in [0.1, 0.15) is 5.65 Å². The zero-order valence-corrected chi connectivity index (χ0v) is 14.2. The van der Waals surface area contributed by atoms with Crippen molar-refractivity contribution < 1.29 is 4.52 Å². The van der Waals surface area contributed by atoms with Crippen LogP contribution in [-0.2, 0) is 19.5 Å². The molecule has 0 aliphatic rings. The molecule has 0 unspecified atom stereocenters. The van der Waals surface area contributed by atoms with Crippen molar-refractivity contribution in [1.29, 1.82) is 0 Å². The summed E-state index contributed by atoms with van der Waals surface area (Å²) in [6, 6.07) is 5.37. The lowest BCUT2D eigenvalue weighted by atomic mass is 10.3. The quantitative estimate of drug-likeness (QED) is 0.689. The molecule has 0 saturated heterocycles. The van der Waals surface area contributed by atoms with Crippen molar-refractivity contribution >= 4 is 5.65 Å². The fourth-order valence-electron chi connectivity index (χ4n) is 2.58. The predicted molar refractivity (Wildman–Crippen MR) is 89.7 cm³/mol. The second-order valence-corrected chi connectivity index (χ2v) is 6.05. The van der Waals surface area contributed by atoms with Crippen molar-refractivity contribution in [3.05, 3.63) is 57.7 Å². The summed E-state index contributed by atoms with van der Waals surface area (Å²) in [5.74, 6) is 1.31. The first kappa shape index (κ1) is 16.3. The number of fused-ring (bicyclic) bond motifs is 1. The van der Waals surface area contributed by atoms with Gasteiger partial charge in [0, 0.05) is 25.2 Å². The number of hydrogen-bond donors (Lipinski definition) is 0. The van der Waals surface area contributed by atoms with Gasteiger partial charge in [0.25, 0.3) is 5.56 Å². The van der Waals surface area contributed by atoms with E-state index in [-0.39, 0.29) is 5.56 Å². The molecular formula is C17H21N5O2. The summed E-state index contributed by atoms with van der Waals surface area (Å²) >= 11 is 0. The molecule has 7 heteroatoms. The first-order valence-corrected chi connectivity index (χ1v) is 8.04. The van der Waals surface area contributed by atoms with Crippen molar-refractivity contribution in [2.45, 2.75) is 39.8 Å². The number of rotatable bonds is 6. The van der Waals surface area contributed by atoms with Gasteiger partial charge in [0.2, 0.25) is 5.89 Å². The van der Waals surface area contributed by atoms with Gasteiger partial charge in [-0.25, -0.2) is 4.98 Å². The Balaban J connectivity index is 1.73. The van der Waals surface area contributed by atoms with Gasteiger partial charge in [-0.05, 0) is 32.0 Å². The molecule has 0 amide bonds. The van der Waals surface area contributed by atoms with E-state index in [1.54, 1.807) is 16.7 Å². The second-order valence-electron chi connectivity index (χ2n) is 6.05. The topological polar surface area (TPSA) is 76.5 Å². The van der Waals surface area contributed by atoms with Crippen LogP contribution in [0.5, 0.6) is 0 Å². The average molecular weight is 327 g/mol. The molecule has 0 aliphatic heterocycles. The maximum atomic E-state index is 12.2. The highest BCUT2D eigenvalue weighted by molar-refractivity contribution is 5.39. The zero-order chi connectivity index (χ0) is 17.1. The van der Waals surface area contributed by atoms with Crippen molar-refractivity contribution in [3.8, 4) is 0 Å². The van der Waals surface area contributed by atoms with Gasteiger partial charge in [0.15, 0.2) is 5.82 Å². The molecule has 0 N–H and O–H groups in total. The Morgan fingerprint density at radius 3 is 2.88 bits per heavy atom. The molecule has 24 heavy (non-hydrogen) atoms. The molecule has 3 heterocycles. The average Bonchev–Trinajstić information content (AvgIpc) is 2.95. The van der Waals surface area contributed by atoms with Crippen molar-refractivity contribution in [3.63, 3.8) is 0 Å². The molecule has 3 aromatic heterocycles. The van der Waals surface area contributed by atoms with Crippen LogP contribution in [0.25, 0.3) is 5.65 Å². The van der Waals surface area contributed by atoms with Crippen molar-refractivity contribution in [1.82, 2.24) is 24.4 Å². The summed E-state index contributed by atoms with van der Waals surface area (Å²) in [6.07, 6.45) is 3.60. The number of aromatic nitrogens is 4. The van der Waals surface area contributed by atoms with Gasteiger partial charge in [-0.1, -0.05) is 18.1 Å². The first-order valence-electron chi connectivity index (χ1n) is 8.04. The van der Waals surface area contributed by atoms with E-state index in [1.165, 1.54) is 0 Å². The van der Waals surface area contributed by atoms with Crippen LogP contribution >= 0.6 is 0 Å². The second kappa shape index (κ2) is 6.92. The highest BCUT2D eigenvalue weighted by atomic mass is 16.5. The minimum Gasteiger partial charge on any atom is -0.338 e. The van der Waals surface area contributed by atoms with Crippen molar-refractivity contribution in [2.24, 2.45) is 0 Å². The third-order valence-corrected chi connectivity index (χ3v) is 3.68. The molecule has 3 aromatic rings. The van der Waals surface area contributed by atoms with E-state index < -0.39 is 0 Å². The maximum Gasteiger partial charge on any atom is 0.258 e. The molecule has 0 radical (unpaired) electrons. The molecule has 0 aromatic carbocycles. The Bertz CT molecular complexity index is 899. The molecule has 7 nitrogen and oxygen atoms in total. The van der Waals surface area contributed by atoms with E-state index in [2.05, 4.69) is 22.0 Å². The van der Waals surface area contributed by atoms with E-state index in [0.717, 1.165) is 29.9 Å². The van der Waals surface area contributed by atoms with Crippen LogP contribution < -0.4 is 5.56 Å². The van der Waals surface area contributed by atoms with Gasteiger partial charge >= 0.3 is 0 Å². The third-order valence-electron chi connectivity index (χ3n) is 3.68. The van der Waals surface area contributed by atoms with Gasteiger partial charge in [0.05, 0.1) is 12.2 Å². The van der Waals surface area contributed by atoms with Crippen LogP contribution in [0.1, 0.15) is 36.3 Å². The van der Waals surface area contributed by atoms with E-state index >= 15 is 0 Å². The van der Waals surface area contributed by atoms with E-state index in [1.807, 2.05) is 31.0 Å². The van der Waals surface area contributed by atoms with Crippen molar-refractivity contribution in [2.75, 3.05) is 7.05 Å². The summed E-state index contributed by atoms with van der Waals surface area (Å²) in [5.41, 5.74) is 2.32. The van der Waals surface area contributed by atoms with Crippen LogP contribution in [0.3, 0.4) is 0 Å². The molecule has 3 rings (SSSR count). The molecule has 0 fully saturated rings. The van der Waals surface area contributed by atoms with E-state index in [4.69, 9.17) is 4.52 Å². The number of nitrogens with zero attached hydrogens (tertiary/aromatic N) is 5. The Hall–Kier alpha value is -2.54. The number of pyridine rings is 1. The molecular weight excluding hydrogens is 306 g/mol. The van der Waals surface area contributed by atoms with Crippen LogP contribution in [0.15, 0.2) is 33.7 Å². The SMILES string of the molecule is CCCc1noc(CN(C)Cc2cc(=O)n3cc(C)ccc3n2)n1. The summed E-state index contributed by atoms with van der Waals surface area (Å²) in [6.45, 7) is 5.08. The molecule has 0 spiro atoms. The summed E-state index contributed by atoms with van der Waals surface area (Å²) in [4.78, 5) is 23.1. The Kier molecular flexibility index (Phi) is 4.71. The Morgan fingerprint density at radius 1 is 1.25 bits per heavy atom. The Labute approximate surface area is 139 Å². The fraction of sp³-hybridized carbons (Fsp3) is 0.412. The minimum absolute atomic E-state index is 0.0740. The standard InChI is InChI=1S/C17H21N5O2/c1-4-5-14-19-16(24-20-14)11-21(3)10-13-8-17(23)22-9-12(2)6-7-15(22)18-13/h6-9H,4-5,10-11H2,1-3H3. The summed E-state index contributed by atoms with van der Waals surface area (Å²) < 4.78 is 6.81. The monoisotopic (exact) mass is 327 g/mol. The largest absolute Gasteiger partial charge is 0.338 e. The maximum absolute atomic E-state index is 12.2. The highest BCUT2D eigenvalue weighted by Crippen LogP contribution is 2.07. The lowest BCUT2D eigenvalue weighted by molar-refractivity contribution is 0.258. The summed E-state index contributed by atoms with van der Waals surface area (Å²) in [5, 5.41) is 3.95. The summed E-state index contributed by atoms with van der Waals surface area (Å²) in [7, 11) is 1.93. The fourth-order valence-corrected chi connectivity index (χ4v) is 2.58. The predicted octanol–water partition coefficient (Wildman–Crippen LogP) is 1.97. The molecule has 126 valence electrons. The minimum atomic E-state index is -0.0740. The van der Waals surface area contributed by atoms with E-state index in [9.17, 15) is 4.79 Å². The highest BCUT2D eigenvalue weighted by Gasteiger charge is 2.11. The molecule has 0 aliphatic carbocycles. The van der Waals surface area contributed by atoms with Gasteiger partial charge in [-0.15, -0.1) is 0 Å². The first-order chi connectivity index (χ1) is 11.5.